The second-order valence-corrected chi connectivity index (χ2v) is 5.04. The molecule has 17 heavy (non-hydrogen) atoms. The second-order valence-electron chi connectivity index (χ2n) is 5.04. The molecule has 100 valence electrons. The van der Waals surface area contributed by atoms with Crippen LogP contribution in [0.4, 0.5) is 0 Å². The van der Waals surface area contributed by atoms with Gasteiger partial charge in [-0.2, -0.15) is 0 Å². The molecule has 1 fully saturated rings. The fourth-order valence-corrected chi connectivity index (χ4v) is 2.47. The van der Waals surface area contributed by atoms with E-state index in [1.54, 1.807) is 0 Å². The molecule has 1 N–H and O–H groups in total. The topological polar surface area (TPSA) is 24.5 Å². The van der Waals surface area contributed by atoms with Crippen LogP contribution in [0.5, 0.6) is 0 Å². The van der Waals surface area contributed by atoms with Crippen LogP contribution in [0, 0.1) is 0 Å². The zero-order chi connectivity index (χ0) is 12.7. The van der Waals surface area contributed by atoms with Crippen LogP contribution in [0.25, 0.3) is 0 Å². The maximum absolute atomic E-state index is 5.92. The Morgan fingerprint density at radius 3 is 2.88 bits per heavy atom. The first-order valence-electron chi connectivity index (χ1n) is 6.89. The SMILES string of the molecule is C=C(C)CC(NCC)C1CN(CCC)CCO1. The minimum absolute atomic E-state index is 0.312. The van der Waals surface area contributed by atoms with Gasteiger partial charge in [0.05, 0.1) is 12.7 Å². The Bertz CT molecular complexity index is 228. The molecular formula is C14H28N2O. The van der Waals surface area contributed by atoms with Crippen molar-refractivity contribution in [1.82, 2.24) is 10.2 Å². The zero-order valence-corrected chi connectivity index (χ0v) is 11.7. The monoisotopic (exact) mass is 240 g/mol. The van der Waals surface area contributed by atoms with Crippen molar-refractivity contribution in [2.75, 3.05) is 32.8 Å². The lowest BCUT2D eigenvalue weighted by atomic mass is 10.0. The molecule has 3 heteroatoms. The van der Waals surface area contributed by atoms with Gasteiger partial charge in [-0.3, -0.25) is 4.90 Å². The Hall–Kier alpha value is -0.380. The molecule has 0 aliphatic carbocycles. The van der Waals surface area contributed by atoms with Crippen LogP contribution >= 0.6 is 0 Å². The molecule has 0 amide bonds. The first kappa shape index (κ1) is 14.7. The highest BCUT2D eigenvalue weighted by Gasteiger charge is 2.27. The van der Waals surface area contributed by atoms with Crippen molar-refractivity contribution >= 4 is 0 Å². The molecule has 1 rings (SSSR count). The van der Waals surface area contributed by atoms with E-state index in [2.05, 4.69) is 37.6 Å². The van der Waals surface area contributed by atoms with Gasteiger partial charge >= 0.3 is 0 Å². The Kier molecular flexibility index (Phi) is 6.78. The highest BCUT2D eigenvalue weighted by molar-refractivity contribution is 4.96. The third-order valence-electron chi connectivity index (χ3n) is 3.20. The molecule has 2 unspecified atom stereocenters. The van der Waals surface area contributed by atoms with Gasteiger partial charge in [0, 0.05) is 19.1 Å². The van der Waals surface area contributed by atoms with Crippen LogP contribution in [0.3, 0.4) is 0 Å². The fraction of sp³-hybridized carbons (Fsp3) is 0.857. The summed E-state index contributed by atoms with van der Waals surface area (Å²) in [4.78, 5) is 2.51. The van der Waals surface area contributed by atoms with E-state index >= 15 is 0 Å². The Labute approximate surface area is 106 Å². The first-order valence-corrected chi connectivity index (χ1v) is 6.89. The van der Waals surface area contributed by atoms with E-state index in [9.17, 15) is 0 Å². The van der Waals surface area contributed by atoms with Crippen LogP contribution in [0.2, 0.25) is 0 Å². The molecule has 1 aliphatic rings. The third kappa shape index (κ3) is 5.19. The van der Waals surface area contributed by atoms with E-state index in [4.69, 9.17) is 4.74 Å². The van der Waals surface area contributed by atoms with Crippen LogP contribution < -0.4 is 5.32 Å². The van der Waals surface area contributed by atoms with Crippen molar-refractivity contribution in [3.8, 4) is 0 Å². The van der Waals surface area contributed by atoms with Gasteiger partial charge in [0.2, 0.25) is 0 Å². The molecule has 0 saturated carbocycles. The number of likely N-dealkylation sites (N-methyl/N-ethyl adjacent to an activating group) is 1. The van der Waals surface area contributed by atoms with Gasteiger partial charge in [0.15, 0.2) is 0 Å². The fourth-order valence-electron chi connectivity index (χ4n) is 2.47. The van der Waals surface area contributed by atoms with Gasteiger partial charge in [-0.25, -0.2) is 0 Å². The summed E-state index contributed by atoms with van der Waals surface area (Å²) in [6.45, 7) is 15.7. The summed E-state index contributed by atoms with van der Waals surface area (Å²) in [6, 6.07) is 0.414. The van der Waals surface area contributed by atoms with E-state index in [0.717, 1.165) is 32.7 Å². The maximum Gasteiger partial charge on any atom is 0.0858 e. The molecule has 3 nitrogen and oxygen atoms in total. The van der Waals surface area contributed by atoms with Crippen LogP contribution in [0.1, 0.15) is 33.6 Å². The van der Waals surface area contributed by atoms with Crippen LogP contribution in [0.15, 0.2) is 12.2 Å². The predicted octanol–water partition coefficient (Wildman–Crippen LogP) is 2.04. The number of hydrogen-bond donors (Lipinski definition) is 1. The number of nitrogens with one attached hydrogen (secondary N) is 1. The summed E-state index contributed by atoms with van der Waals surface area (Å²) in [5.74, 6) is 0. The van der Waals surface area contributed by atoms with Gasteiger partial charge < -0.3 is 10.1 Å². The smallest absolute Gasteiger partial charge is 0.0858 e. The van der Waals surface area contributed by atoms with E-state index in [1.807, 2.05) is 0 Å². The summed E-state index contributed by atoms with van der Waals surface area (Å²) in [5.41, 5.74) is 1.23. The summed E-state index contributed by atoms with van der Waals surface area (Å²) in [5, 5.41) is 3.53. The largest absolute Gasteiger partial charge is 0.374 e. The summed E-state index contributed by atoms with van der Waals surface area (Å²) < 4.78 is 5.92. The molecule has 0 radical (unpaired) electrons. The van der Waals surface area contributed by atoms with Crippen LogP contribution in [-0.2, 0) is 4.74 Å². The van der Waals surface area contributed by atoms with Gasteiger partial charge in [0.25, 0.3) is 0 Å². The molecule has 0 aromatic rings. The average molecular weight is 240 g/mol. The molecule has 1 aliphatic heterocycles. The first-order chi connectivity index (χ1) is 8.17. The molecular weight excluding hydrogens is 212 g/mol. The minimum atomic E-state index is 0.312. The summed E-state index contributed by atoms with van der Waals surface area (Å²) in [6.07, 6.45) is 2.55. The quantitative estimate of drug-likeness (QED) is 0.689. The van der Waals surface area contributed by atoms with Crippen molar-refractivity contribution < 1.29 is 4.74 Å². The van der Waals surface area contributed by atoms with Crippen molar-refractivity contribution in [2.24, 2.45) is 0 Å². The number of hydrogen-bond acceptors (Lipinski definition) is 3. The zero-order valence-electron chi connectivity index (χ0n) is 11.7. The van der Waals surface area contributed by atoms with E-state index in [0.29, 0.717) is 12.1 Å². The molecule has 0 aromatic heterocycles. The highest BCUT2D eigenvalue weighted by Crippen LogP contribution is 2.14. The molecule has 0 bridgehead atoms. The average Bonchev–Trinajstić information content (AvgIpc) is 2.29. The molecule has 2 atom stereocenters. The number of ether oxygens (including phenoxy) is 1. The number of nitrogens with zero attached hydrogens (tertiary/aromatic N) is 1. The lowest BCUT2D eigenvalue weighted by molar-refractivity contribution is -0.0459. The number of rotatable bonds is 7. The Balaban J connectivity index is 2.50. The van der Waals surface area contributed by atoms with Gasteiger partial charge in [-0.1, -0.05) is 19.4 Å². The van der Waals surface area contributed by atoms with Crippen molar-refractivity contribution in [1.29, 1.82) is 0 Å². The second kappa shape index (κ2) is 7.85. The van der Waals surface area contributed by atoms with Crippen LogP contribution in [-0.4, -0.2) is 49.8 Å². The van der Waals surface area contributed by atoms with Crippen molar-refractivity contribution in [3.63, 3.8) is 0 Å². The van der Waals surface area contributed by atoms with E-state index in [1.165, 1.54) is 18.5 Å². The molecule has 0 aromatic carbocycles. The normalized spacial score (nSPS) is 23.6. The van der Waals surface area contributed by atoms with Crippen molar-refractivity contribution in [3.05, 3.63) is 12.2 Å². The maximum atomic E-state index is 5.92. The van der Waals surface area contributed by atoms with Gasteiger partial charge in [-0.15, -0.1) is 6.58 Å². The summed E-state index contributed by atoms with van der Waals surface area (Å²) in [7, 11) is 0. The molecule has 1 heterocycles. The Morgan fingerprint density at radius 2 is 2.29 bits per heavy atom. The number of morpholine rings is 1. The van der Waals surface area contributed by atoms with Gasteiger partial charge in [0.1, 0.15) is 0 Å². The lowest BCUT2D eigenvalue weighted by Crippen LogP contribution is -2.52. The predicted molar refractivity (Wildman–Crippen MR) is 73.4 cm³/mol. The van der Waals surface area contributed by atoms with E-state index in [-0.39, 0.29) is 0 Å². The third-order valence-corrected chi connectivity index (χ3v) is 3.20. The van der Waals surface area contributed by atoms with Crippen molar-refractivity contribution in [2.45, 2.75) is 45.8 Å². The standard InChI is InChI=1S/C14H28N2O/c1-5-7-16-8-9-17-14(11-16)13(15-6-2)10-12(3)4/h13-15H,3,5-11H2,1-2,4H3. The Morgan fingerprint density at radius 1 is 1.53 bits per heavy atom. The van der Waals surface area contributed by atoms with E-state index < -0.39 is 0 Å². The molecule has 1 saturated heterocycles. The summed E-state index contributed by atoms with van der Waals surface area (Å²) >= 11 is 0. The van der Waals surface area contributed by atoms with Gasteiger partial charge in [-0.05, 0) is 32.9 Å². The molecule has 0 spiro atoms. The highest BCUT2D eigenvalue weighted by atomic mass is 16.5. The minimum Gasteiger partial charge on any atom is -0.374 e. The lowest BCUT2D eigenvalue weighted by Gasteiger charge is -2.37.